The van der Waals surface area contributed by atoms with E-state index in [9.17, 15) is 4.79 Å². The monoisotopic (exact) mass is 210 g/mol. The molecule has 0 saturated carbocycles. The Kier molecular flexibility index (Phi) is 4.23. The van der Waals surface area contributed by atoms with Crippen LogP contribution in [0.25, 0.3) is 0 Å². The Hall–Kier alpha value is -1.43. The molecule has 0 bridgehead atoms. The highest BCUT2D eigenvalue weighted by Gasteiger charge is 2.17. The van der Waals surface area contributed by atoms with Crippen molar-refractivity contribution in [1.82, 2.24) is 5.32 Å². The van der Waals surface area contributed by atoms with Gasteiger partial charge < -0.3 is 15.9 Å². The fourth-order valence-electron chi connectivity index (χ4n) is 1.27. The number of carbonyl (C=O) groups is 1. The molecule has 82 valence electrons. The molecule has 0 aliphatic carbocycles. The van der Waals surface area contributed by atoms with Crippen LogP contribution in [-0.4, -0.2) is 28.6 Å². The van der Waals surface area contributed by atoms with Crippen LogP contribution >= 0.6 is 0 Å². The Balaban J connectivity index is 2.63. The molecule has 1 aromatic rings. The topological polar surface area (TPSA) is 95.6 Å². The number of nitrogens with two attached hydrogens (primary N) is 1. The van der Waals surface area contributed by atoms with Gasteiger partial charge in [-0.25, -0.2) is 0 Å². The molecule has 5 N–H and O–H groups in total. The molecule has 5 heteroatoms. The van der Waals surface area contributed by atoms with Gasteiger partial charge in [0.25, 0.3) is 0 Å². The standard InChI is InChI=1S/C10H14N2O3/c11-9(13)8(12-10(14)15)6-7-4-2-1-3-5-7/h1-5,8,10,12,14-15H,6H2,(H2,11,13)/t8-/m0/s1. The summed E-state index contributed by atoms with van der Waals surface area (Å²) in [6, 6.07) is 8.41. The van der Waals surface area contributed by atoms with E-state index in [0.29, 0.717) is 6.42 Å². The van der Waals surface area contributed by atoms with E-state index in [1.165, 1.54) is 0 Å². The van der Waals surface area contributed by atoms with E-state index in [1.54, 1.807) is 0 Å². The van der Waals surface area contributed by atoms with Crippen molar-refractivity contribution in [2.75, 3.05) is 0 Å². The summed E-state index contributed by atoms with van der Waals surface area (Å²) in [4.78, 5) is 11.0. The Bertz CT molecular complexity index is 314. The average Bonchev–Trinajstić information content (AvgIpc) is 2.17. The normalized spacial score (nSPS) is 12.7. The number of nitrogens with one attached hydrogen (secondary N) is 1. The zero-order valence-corrected chi connectivity index (χ0v) is 8.13. The maximum absolute atomic E-state index is 11.0. The summed E-state index contributed by atoms with van der Waals surface area (Å²) < 4.78 is 0. The van der Waals surface area contributed by atoms with Crippen LogP contribution in [0.5, 0.6) is 0 Å². The van der Waals surface area contributed by atoms with Gasteiger partial charge in [0.2, 0.25) is 12.3 Å². The number of aliphatic hydroxyl groups is 2. The van der Waals surface area contributed by atoms with Gasteiger partial charge in [0, 0.05) is 0 Å². The van der Waals surface area contributed by atoms with E-state index in [1.807, 2.05) is 30.3 Å². The maximum atomic E-state index is 11.0. The molecule has 0 aliphatic rings. The van der Waals surface area contributed by atoms with Gasteiger partial charge in [-0.05, 0) is 12.0 Å². The predicted molar refractivity (Wildman–Crippen MR) is 54.5 cm³/mol. The highest BCUT2D eigenvalue weighted by atomic mass is 16.5. The van der Waals surface area contributed by atoms with E-state index < -0.39 is 18.4 Å². The first-order chi connectivity index (χ1) is 7.09. The minimum absolute atomic E-state index is 0.327. The Morgan fingerprint density at radius 1 is 1.33 bits per heavy atom. The first kappa shape index (κ1) is 11.6. The van der Waals surface area contributed by atoms with Crippen LogP contribution in [0.15, 0.2) is 30.3 Å². The van der Waals surface area contributed by atoms with E-state index in [-0.39, 0.29) is 0 Å². The summed E-state index contributed by atoms with van der Waals surface area (Å²) in [6.45, 7) is 0. The summed E-state index contributed by atoms with van der Waals surface area (Å²) in [7, 11) is 0. The molecule has 0 fully saturated rings. The van der Waals surface area contributed by atoms with Crippen molar-refractivity contribution in [3.05, 3.63) is 35.9 Å². The van der Waals surface area contributed by atoms with E-state index in [4.69, 9.17) is 15.9 Å². The third-order valence-electron chi connectivity index (χ3n) is 1.98. The van der Waals surface area contributed by atoms with Crippen LogP contribution in [0.1, 0.15) is 5.56 Å². The SMILES string of the molecule is NC(=O)[C@H](Cc1ccccc1)NC(O)O. The number of aliphatic hydroxyl groups excluding tert-OH is 1. The van der Waals surface area contributed by atoms with Crippen molar-refractivity contribution in [2.24, 2.45) is 5.73 Å². The lowest BCUT2D eigenvalue weighted by atomic mass is 10.1. The van der Waals surface area contributed by atoms with Gasteiger partial charge >= 0.3 is 0 Å². The Morgan fingerprint density at radius 3 is 2.40 bits per heavy atom. The molecular formula is C10H14N2O3. The lowest BCUT2D eigenvalue weighted by Gasteiger charge is -2.16. The van der Waals surface area contributed by atoms with E-state index >= 15 is 0 Å². The van der Waals surface area contributed by atoms with Crippen LogP contribution in [0.3, 0.4) is 0 Å². The molecule has 15 heavy (non-hydrogen) atoms. The van der Waals surface area contributed by atoms with Crippen molar-refractivity contribution in [3.8, 4) is 0 Å². The van der Waals surface area contributed by atoms with Gasteiger partial charge in [0.05, 0.1) is 6.04 Å². The number of hydrogen-bond acceptors (Lipinski definition) is 4. The number of hydrogen-bond donors (Lipinski definition) is 4. The van der Waals surface area contributed by atoms with Gasteiger partial charge in [-0.3, -0.25) is 10.1 Å². The van der Waals surface area contributed by atoms with Gasteiger partial charge in [0.15, 0.2) is 0 Å². The number of carbonyl (C=O) groups excluding carboxylic acids is 1. The van der Waals surface area contributed by atoms with Crippen molar-refractivity contribution in [2.45, 2.75) is 18.9 Å². The molecule has 1 atom stereocenters. The van der Waals surface area contributed by atoms with Gasteiger partial charge in [-0.15, -0.1) is 0 Å². The molecular weight excluding hydrogens is 196 g/mol. The first-order valence-corrected chi connectivity index (χ1v) is 4.55. The van der Waals surface area contributed by atoms with Gasteiger partial charge in [-0.1, -0.05) is 30.3 Å². The Morgan fingerprint density at radius 2 is 1.93 bits per heavy atom. The largest absolute Gasteiger partial charge is 0.368 e. The third kappa shape index (κ3) is 4.07. The average molecular weight is 210 g/mol. The molecule has 1 rings (SSSR count). The molecule has 0 heterocycles. The summed E-state index contributed by atoms with van der Waals surface area (Å²) in [5, 5.41) is 19.6. The zero-order chi connectivity index (χ0) is 11.3. The fraction of sp³-hybridized carbons (Fsp3) is 0.300. The van der Waals surface area contributed by atoms with Gasteiger partial charge in [-0.2, -0.15) is 0 Å². The minimum Gasteiger partial charge on any atom is -0.368 e. The zero-order valence-electron chi connectivity index (χ0n) is 8.13. The summed E-state index contributed by atoms with van der Waals surface area (Å²) >= 11 is 0. The third-order valence-corrected chi connectivity index (χ3v) is 1.98. The molecule has 5 nitrogen and oxygen atoms in total. The van der Waals surface area contributed by atoms with Crippen molar-refractivity contribution < 1.29 is 15.0 Å². The molecule has 0 radical (unpaired) electrons. The van der Waals surface area contributed by atoms with Gasteiger partial charge in [0.1, 0.15) is 0 Å². The fourth-order valence-corrected chi connectivity index (χ4v) is 1.27. The number of amides is 1. The highest BCUT2D eigenvalue weighted by molar-refractivity contribution is 5.80. The molecule has 0 aliphatic heterocycles. The lowest BCUT2D eigenvalue weighted by Crippen LogP contribution is -2.47. The van der Waals surface area contributed by atoms with Crippen molar-refractivity contribution >= 4 is 5.91 Å². The van der Waals surface area contributed by atoms with Crippen LogP contribution in [0.2, 0.25) is 0 Å². The van der Waals surface area contributed by atoms with Crippen LogP contribution in [0, 0.1) is 0 Å². The van der Waals surface area contributed by atoms with Crippen LogP contribution in [-0.2, 0) is 11.2 Å². The number of rotatable bonds is 5. The minimum atomic E-state index is -1.74. The molecule has 0 aromatic heterocycles. The molecule has 1 amide bonds. The summed E-state index contributed by atoms with van der Waals surface area (Å²) in [6.07, 6.45) is -1.42. The second-order valence-corrected chi connectivity index (χ2v) is 3.19. The quantitative estimate of drug-likeness (QED) is 0.466. The first-order valence-electron chi connectivity index (χ1n) is 4.55. The second kappa shape index (κ2) is 5.45. The molecule has 1 aromatic carbocycles. The van der Waals surface area contributed by atoms with E-state index in [0.717, 1.165) is 5.56 Å². The van der Waals surface area contributed by atoms with Crippen molar-refractivity contribution in [1.29, 1.82) is 0 Å². The molecule has 0 spiro atoms. The van der Waals surface area contributed by atoms with Crippen molar-refractivity contribution in [3.63, 3.8) is 0 Å². The van der Waals surface area contributed by atoms with Crippen LogP contribution in [0.4, 0.5) is 0 Å². The number of primary amides is 1. The predicted octanol–water partition coefficient (Wildman–Crippen LogP) is -1.06. The van der Waals surface area contributed by atoms with E-state index in [2.05, 4.69) is 5.32 Å². The second-order valence-electron chi connectivity index (χ2n) is 3.19. The summed E-state index contributed by atoms with van der Waals surface area (Å²) in [5.41, 5.74) is 6.01. The number of benzene rings is 1. The lowest BCUT2D eigenvalue weighted by molar-refractivity contribution is -0.125. The molecule has 0 saturated heterocycles. The smallest absolute Gasteiger partial charge is 0.235 e. The molecule has 0 unspecified atom stereocenters. The maximum Gasteiger partial charge on any atom is 0.235 e. The Labute approximate surface area is 87.5 Å². The highest BCUT2D eigenvalue weighted by Crippen LogP contribution is 2.03. The summed E-state index contributed by atoms with van der Waals surface area (Å²) in [5.74, 6) is -0.619. The van der Waals surface area contributed by atoms with Crippen LogP contribution < -0.4 is 11.1 Å².